The minimum atomic E-state index is -0.477. The van der Waals surface area contributed by atoms with Crippen molar-refractivity contribution in [2.45, 2.75) is 51.5 Å². The van der Waals surface area contributed by atoms with Crippen molar-refractivity contribution in [1.82, 2.24) is 5.32 Å². The van der Waals surface area contributed by atoms with Gasteiger partial charge in [-0.2, -0.15) is 0 Å². The van der Waals surface area contributed by atoms with Crippen LogP contribution in [0.1, 0.15) is 56.0 Å². The lowest BCUT2D eigenvalue weighted by atomic mass is 9.76. The van der Waals surface area contributed by atoms with Gasteiger partial charge in [0.05, 0.1) is 12.6 Å². The van der Waals surface area contributed by atoms with Crippen molar-refractivity contribution in [3.05, 3.63) is 30.0 Å². The molecule has 1 amide bonds. The highest BCUT2D eigenvalue weighted by Gasteiger charge is 2.38. The summed E-state index contributed by atoms with van der Waals surface area (Å²) in [6.07, 6.45) is 7.46. The first-order valence-corrected chi connectivity index (χ1v) is 10.4. The van der Waals surface area contributed by atoms with E-state index < -0.39 is 5.97 Å². The Balaban J connectivity index is 1.46. The number of carbonyl (C=O) groups is 2. The lowest BCUT2D eigenvalue weighted by molar-refractivity contribution is -0.119. The molecule has 0 bridgehead atoms. The number of hydrogen-bond acceptors (Lipinski definition) is 5. The standard InChI is InChI=1S/C22H28N2O4/c1-2-27-22(26)19-13-15-12-16(8-9-18(15)28-19)24-21(25)20-17(10-11-23-20)14-6-4-3-5-7-14/h8-9,12-14,17,20,23H,2-7,10-11H2,1H3,(H,24,25). The Labute approximate surface area is 165 Å². The Hall–Kier alpha value is -2.34. The van der Waals surface area contributed by atoms with Gasteiger partial charge in [-0.05, 0) is 56.0 Å². The fourth-order valence-electron chi connectivity index (χ4n) is 4.72. The van der Waals surface area contributed by atoms with Crippen LogP contribution in [0.5, 0.6) is 0 Å². The molecule has 2 heterocycles. The van der Waals surface area contributed by atoms with E-state index in [1.165, 1.54) is 32.1 Å². The fraction of sp³-hybridized carbons (Fsp3) is 0.545. The Morgan fingerprint density at radius 1 is 1.18 bits per heavy atom. The zero-order valence-electron chi connectivity index (χ0n) is 16.3. The Bertz CT molecular complexity index is 853. The molecule has 2 N–H and O–H groups in total. The van der Waals surface area contributed by atoms with Crippen LogP contribution in [0.3, 0.4) is 0 Å². The number of esters is 1. The first-order valence-electron chi connectivity index (χ1n) is 10.4. The number of benzene rings is 1. The molecule has 1 saturated heterocycles. The predicted octanol–water partition coefficient (Wildman–Crippen LogP) is 4.11. The molecular weight excluding hydrogens is 356 g/mol. The summed E-state index contributed by atoms with van der Waals surface area (Å²) in [5, 5.41) is 7.22. The van der Waals surface area contributed by atoms with Gasteiger partial charge >= 0.3 is 5.97 Å². The van der Waals surface area contributed by atoms with Crippen molar-refractivity contribution in [2.24, 2.45) is 11.8 Å². The van der Waals surface area contributed by atoms with Gasteiger partial charge in [-0.1, -0.05) is 32.1 Å². The molecule has 1 saturated carbocycles. The highest BCUT2D eigenvalue weighted by Crippen LogP contribution is 2.36. The van der Waals surface area contributed by atoms with Crippen LogP contribution in [-0.4, -0.2) is 31.1 Å². The Morgan fingerprint density at radius 3 is 2.79 bits per heavy atom. The van der Waals surface area contributed by atoms with Crippen LogP contribution in [0.15, 0.2) is 28.7 Å². The van der Waals surface area contributed by atoms with Gasteiger partial charge in [-0.15, -0.1) is 0 Å². The van der Waals surface area contributed by atoms with Gasteiger partial charge in [0.25, 0.3) is 0 Å². The monoisotopic (exact) mass is 384 g/mol. The number of anilines is 1. The highest BCUT2D eigenvalue weighted by atomic mass is 16.5. The minimum absolute atomic E-state index is 0.0292. The third-order valence-corrected chi connectivity index (χ3v) is 6.07. The van der Waals surface area contributed by atoms with Gasteiger partial charge < -0.3 is 19.8 Å². The van der Waals surface area contributed by atoms with E-state index in [-0.39, 0.29) is 17.7 Å². The van der Waals surface area contributed by atoms with E-state index in [1.54, 1.807) is 19.1 Å². The summed E-state index contributed by atoms with van der Waals surface area (Å²) < 4.78 is 10.5. The summed E-state index contributed by atoms with van der Waals surface area (Å²) in [6, 6.07) is 6.95. The zero-order chi connectivity index (χ0) is 19.5. The van der Waals surface area contributed by atoms with Crippen molar-refractivity contribution in [2.75, 3.05) is 18.5 Å². The van der Waals surface area contributed by atoms with E-state index in [0.29, 0.717) is 29.7 Å². The number of hydrogen-bond donors (Lipinski definition) is 2. The SMILES string of the molecule is CCOC(=O)c1cc2cc(NC(=O)C3NCCC3C3CCCCC3)ccc2o1. The molecular formula is C22H28N2O4. The largest absolute Gasteiger partial charge is 0.460 e. The van der Waals surface area contributed by atoms with Crippen molar-refractivity contribution in [1.29, 1.82) is 0 Å². The molecule has 2 aromatic rings. The van der Waals surface area contributed by atoms with Crippen LogP contribution < -0.4 is 10.6 Å². The molecule has 1 aromatic carbocycles. The van der Waals surface area contributed by atoms with Crippen LogP contribution in [0.4, 0.5) is 5.69 Å². The van der Waals surface area contributed by atoms with Crippen LogP contribution in [0, 0.1) is 11.8 Å². The average Bonchev–Trinajstić information content (AvgIpc) is 3.36. The maximum Gasteiger partial charge on any atom is 0.374 e. The van der Waals surface area contributed by atoms with Crippen LogP contribution >= 0.6 is 0 Å². The molecule has 0 spiro atoms. The van der Waals surface area contributed by atoms with Gasteiger partial charge in [0, 0.05) is 11.1 Å². The van der Waals surface area contributed by atoms with Crippen molar-refractivity contribution in [3.63, 3.8) is 0 Å². The maximum atomic E-state index is 12.9. The number of fused-ring (bicyclic) bond motifs is 1. The van der Waals surface area contributed by atoms with Gasteiger partial charge in [0.15, 0.2) is 0 Å². The van der Waals surface area contributed by atoms with Crippen LogP contribution in [-0.2, 0) is 9.53 Å². The molecule has 28 heavy (non-hydrogen) atoms. The van der Waals surface area contributed by atoms with Crippen molar-refractivity contribution in [3.8, 4) is 0 Å². The normalized spacial score (nSPS) is 23.0. The second kappa shape index (κ2) is 8.35. The predicted molar refractivity (Wildman–Crippen MR) is 107 cm³/mol. The van der Waals surface area contributed by atoms with E-state index in [2.05, 4.69) is 10.6 Å². The van der Waals surface area contributed by atoms with Gasteiger partial charge in [0.2, 0.25) is 11.7 Å². The van der Waals surface area contributed by atoms with Gasteiger partial charge in [-0.25, -0.2) is 4.79 Å². The second-order valence-electron chi connectivity index (χ2n) is 7.86. The molecule has 2 unspecified atom stereocenters. The Kier molecular flexibility index (Phi) is 5.67. The number of carbonyl (C=O) groups excluding carboxylic acids is 2. The van der Waals surface area contributed by atoms with Crippen LogP contribution in [0.2, 0.25) is 0 Å². The molecule has 2 fully saturated rings. The van der Waals surface area contributed by atoms with Gasteiger partial charge in [-0.3, -0.25) is 4.79 Å². The fourth-order valence-corrected chi connectivity index (χ4v) is 4.72. The number of furan rings is 1. The molecule has 150 valence electrons. The molecule has 2 atom stereocenters. The summed E-state index contributed by atoms with van der Waals surface area (Å²) in [7, 11) is 0. The number of nitrogens with one attached hydrogen (secondary N) is 2. The van der Waals surface area contributed by atoms with Gasteiger partial charge in [0.1, 0.15) is 5.58 Å². The maximum absolute atomic E-state index is 12.9. The third kappa shape index (κ3) is 3.92. The molecule has 1 aromatic heterocycles. The summed E-state index contributed by atoms with van der Waals surface area (Å²) >= 11 is 0. The lowest BCUT2D eigenvalue weighted by Gasteiger charge is -2.30. The average molecular weight is 384 g/mol. The summed E-state index contributed by atoms with van der Waals surface area (Å²) in [6.45, 7) is 2.96. The van der Waals surface area contributed by atoms with Crippen LogP contribution in [0.25, 0.3) is 11.0 Å². The van der Waals surface area contributed by atoms with E-state index in [1.807, 2.05) is 12.1 Å². The quantitative estimate of drug-likeness (QED) is 0.759. The number of amides is 1. The summed E-state index contributed by atoms with van der Waals surface area (Å²) in [5.41, 5.74) is 1.31. The molecule has 6 nitrogen and oxygen atoms in total. The highest BCUT2D eigenvalue weighted by molar-refractivity contribution is 5.98. The second-order valence-corrected chi connectivity index (χ2v) is 7.86. The first kappa shape index (κ1) is 19.0. The van der Waals surface area contributed by atoms with Crippen molar-refractivity contribution < 1.29 is 18.7 Å². The molecule has 2 aliphatic rings. The molecule has 4 rings (SSSR count). The minimum Gasteiger partial charge on any atom is -0.460 e. The number of rotatable bonds is 5. The third-order valence-electron chi connectivity index (χ3n) is 6.07. The topological polar surface area (TPSA) is 80.6 Å². The summed E-state index contributed by atoms with van der Waals surface area (Å²) in [4.78, 5) is 24.8. The summed E-state index contributed by atoms with van der Waals surface area (Å²) in [5.74, 6) is 0.808. The van der Waals surface area contributed by atoms with E-state index >= 15 is 0 Å². The van der Waals surface area contributed by atoms with Crippen molar-refractivity contribution >= 4 is 28.5 Å². The lowest BCUT2D eigenvalue weighted by Crippen LogP contribution is -2.42. The van der Waals surface area contributed by atoms with E-state index in [9.17, 15) is 9.59 Å². The molecule has 1 aliphatic carbocycles. The molecule has 6 heteroatoms. The molecule has 1 aliphatic heterocycles. The Morgan fingerprint density at radius 2 is 2.00 bits per heavy atom. The smallest absolute Gasteiger partial charge is 0.374 e. The first-order chi connectivity index (χ1) is 13.7. The zero-order valence-corrected chi connectivity index (χ0v) is 16.3. The van der Waals surface area contributed by atoms with E-state index in [4.69, 9.17) is 9.15 Å². The number of ether oxygens (including phenoxy) is 1. The molecule has 0 radical (unpaired) electrons. The van der Waals surface area contributed by atoms with E-state index in [0.717, 1.165) is 18.4 Å².